The molecule has 2 aromatic carbocycles. The summed E-state index contributed by atoms with van der Waals surface area (Å²) in [6.07, 6.45) is 4.53. The van der Waals surface area contributed by atoms with Gasteiger partial charge in [0, 0.05) is 48.8 Å². The quantitative estimate of drug-likeness (QED) is 0.321. The first kappa shape index (κ1) is 28.4. The van der Waals surface area contributed by atoms with Gasteiger partial charge in [-0.05, 0) is 68.2 Å². The van der Waals surface area contributed by atoms with Crippen molar-refractivity contribution in [2.45, 2.75) is 76.7 Å². The van der Waals surface area contributed by atoms with Gasteiger partial charge in [-0.15, -0.1) is 0 Å². The normalized spacial score (nSPS) is 23.2. The lowest BCUT2D eigenvalue weighted by atomic mass is 9.95. The molecule has 236 valence electrons. The molecule has 0 radical (unpaired) electrons. The Labute approximate surface area is 260 Å². The highest BCUT2D eigenvalue weighted by atomic mass is 19.1. The van der Waals surface area contributed by atoms with Crippen molar-refractivity contribution >= 4 is 22.3 Å². The van der Waals surface area contributed by atoms with E-state index >= 15 is 4.39 Å². The molecule has 4 aliphatic heterocycles. The number of halogens is 2. The van der Waals surface area contributed by atoms with Gasteiger partial charge in [-0.2, -0.15) is 25.4 Å². The summed E-state index contributed by atoms with van der Waals surface area (Å²) >= 11 is 0. The van der Waals surface area contributed by atoms with Crippen LogP contribution in [-0.4, -0.2) is 79.9 Å². The van der Waals surface area contributed by atoms with Gasteiger partial charge in [0.2, 0.25) is 0 Å². The maximum atomic E-state index is 15.0. The van der Waals surface area contributed by atoms with E-state index in [1.807, 2.05) is 6.92 Å². The summed E-state index contributed by atoms with van der Waals surface area (Å²) in [4.78, 5) is 16.6. The Morgan fingerprint density at radius 1 is 1.02 bits per heavy atom. The number of rotatable bonds is 6. The van der Waals surface area contributed by atoms with Crippen LogP contribution in [0.15, 0.2) is 24.3 Å². The van der Waals surface area contributed by atoms with Gasteiger partial charge in [-0.25, -0.2) is 8.78 Å². The van der Waals surface area contributed by atoms with Crippen LogP contribution in [-0.2, 0) is 32.4 Å². The van der Waals surface area contributed by atoms with E-state index in [2.05, 4.69) is 30.1 Å². The predicted molar refractivity (Wildman–Crippen MR) is 166 cm³/mol. The Balaban J connectivity index is 1.18. The minimum atomic E-state index is -0.841. The van der Waals surface area contributed by atoms with Crippen LogP contribution in [0.5, 0.6) is 11.8 Å². The lowest BCUT2D eigenvalue weighted by Crippen LogP contribution is -2.43. The molecule has 2 fully saturated rings. The Morgan fingerprint density at radius 3 is 2.78 bits per heavy atom. The molecule has 10 nitrogen and oxygen atoms in total. The molecule has 2 aromatic heterocycles. The number of phenolic OH excluding ortho intramolecular Hbond substituents is 1. The third kappa shape index (κ3) is 4.93. The van der Waals surface area contributed by atoms with Gasteiger partial charge in [-0.3, -0.25) is 4.90 Å². The van der Waals surface area contributed by atoms with Gasteiger partial charge in [0.05, 0.1) is 30.0 Å². The zero-order valence-corrected chi connectivity index (χ0v) is 25.5. The first-order chi connectivity index (χ1) is 21.9. The first-order valence-electron chi connectivity index (χ1n) is 16.1. The van der Waals surface area contributed by atoms with Gasteiger partial charge < -0.3 is 19.6 Å². The summed E-state index contributed by atoms with van der Waals surface area (Å²) < 4.78 is 35.9. The highest BCUT2D eigenvalue weighted by Gasteiger charge is 2.49. The van der Waals surface area contributed by atoms with Crippen LogP contribution in [0.2, 0.25) is 0 Å². The van der Waals surface area contributed by atoms with Gasteiger partial charge in [-0.1, -0.05) is 13.0 Å². The molecule has 0 amide bonds. The average Bonchev–Trinajstić information content (AvgIpc) is 3.68. The van der Waals surface area contributed by atoms with E-state index in [4.69, 9.17) is 14.7 Å². The fourth-order valence-electron chi connectivity index (χ4n) is 8.12. The maximum absolute atomic E-state index is 15.0. The van der Waals surface area contributed by atoms with Crippen LogP contribution in [0.25, 0.3) is 10.8 Å². The van der Waals surface area contributed by atoms with Crippen molar-refractivity contribution < 1.29 is 18.6 Å². The number of alkyl halides is 1. The van der Waals surface area contributed by atoms with Crippen LogP contribution in [0, 0.1) is 5.82 Å². The third-order valence-corrected chi connectivity index (χ3v) is 10.3. The maximum Gasteiger partial charge on any atom is 0.318 e. The number of benzene rings is 2. The fourth-order valence-corrected chi connectivity index (χ4v) is 8.12. The SMILES string of the molecule is CCc1c(F)ccc2cc(O)cc(N3CCc4c(nc(OC[C@@]56CCCN5C[C@H](F)C6)nc4N4CCCc5n[nH]nc5C4)C3)c12. The van der Waals surface area contributed by atoms with Crippen LogP contribution < -0.4 is 14.5 Å². The van der Waals surface area contributed by atoms with E-state index < -0.39 is 6.17 Å². The summed E-state index contributed by atoms with van der Waals surface area (Å²) in [7, 11) is 0. The van der Waals surface area contributed by atoms with E-state index in [1.54, 1.807) is 18.2 Å². The molecular formula is C33H38F2N8O2. The largest absolute Gasteiger partial charge is 0.508 e. The second-order valence-corrected chi connectivity index (χ2v) is 13.0. The molecule has 2 atom stereocenters. The third-order valence-electron chi connectivity index (χ3n) is 10.3. The van der Waals surface area contributed by atoms with Gasteiger partial charge in [0.15, 0.2) is 0 Å². The number of nitrogens with zero attached hydrogens (tertiary/aromatic N) is 7. The average molecular weight is 617 g/mol. The molecule has 4 aliphatic rings. The number of aryl methyl sites for hydroxylation is 2. The molecule has 0 aliphatic carbocycles. The van der Waals surface area contributed by atoms with Crippen molar-refractivity contribution in [3.05, 3.63) is 58.3 Å². The molecule has 12 heteroatoms. The van der Waals surface area contributed by atoms with E-state index in [0.717, 1.165) is 83.7 Å². The van der Waals surface area contributed by atoms with E-state index in [1.165, 1.54) is 6.07 Å². The van der Waals surface area contributed by atoms with E-state index in [9.17, 15) is 9.50 Å². The monoisotopic (exact) mass is 616 g/mol. The Bertz CT molecular complexity index is 1760. The molecule has 45 heavy (non-hydrogen) atoms. The van der Waals surface area contributed by atoms with Crippen LogP contribution in [0.1, 0.15) is 60.8 Å². The number of fused-ring (bicyclic) bond motifs is 4. The lowest BCUT2D eigenvalue weighted by molar-refractivity contribution is 0.107. The summed E-state index contributed by atoms with van der Waals surface area (Å²) in [6.45, 7) is 6.12. The summed E-state index contributed by atoms with van der Waals surface area (Å²) in [5.74, 6) is 0.730. The number of H-pyrrole nitrogens is 1. The molecule has 0 spiro atoms. The van der Waals surface area contributed by atoms with Crippen molar-refractivity contribution in [3.8, 4) is 11.8 Å². The summed E-state index contributed by atoms with van der Waals surface area (Å²) in [5, 5.41) is 23.8. The number of ether oxygens (including phenoxy) is 1. The predicted octanol–water partition coefficient (Wildman–Crippen LogP) is 4.63. The van der Waals surface area contributed by atoms with Gasteiger partial charge in [0.1, 0.15) is 35.9 Å². The molecule has 0 bridgehead atoms. The van der Waals surface area contributed by atoms with Gasteiger partial charge in [0.25, 0.3) is 0 Å². The standard InChI is InChI=1S/C33H38F2N8O2/c1-2-23-25(35)7-6-20-13-22(44)14-29(30(20)23)41-12-8-24-27(17-41)36-32(45-19-33-9-4-11-43(33)16-21(34)15-33)37-31(24)42-10-3-5-26-28(18-42)39-40-38-26/h6-7,13-14,21,44H,2-5,8-12,15-19H2,1H3,(H,38,39,40)/t21-,33+/m1/s1. The zero-order valence-electron chi connectivity index (χ0n) is 25.5. The number of phenols is 1. The molecule has 8 rings (SSSR count). The Kier molecular flexibility index (Phi) is 7.00. The van der Waals surface area contributed by atoms with Crippen molar-refractivity contribution in [2.75, 3.05) is 42.6 Å². The minimum Gasteiger partial charge on any atom is -0.508 e. The number of hydrogen-bond donors (Lipinski definition) is 2. The van der Waals surface area contributed by atoms with Crippen molar-refractivity contribution in [1.82, 2.24) is 30.3 Å². The van der Waals surface area contributed by atoms with E-state index in [-0.39, 0.29) is 17.1 Å². The Morgan fingerprint density at radius 2 is 1.89 bits per heavy atom. The fraction of sp³-hybridized carbons (Fsp3) is 0.515. The molecular weight excluding hydrogens is 578 g/mol. The first-order valence-corrected chi connectivity index (χ1v) is 16.1. The van der Waals surface area contributed by atoms with Crippen LogP contribution in [0.3, 0.4) is 0 Å². The minimum absolute atomic E-state index is 0.139. The molecule has 0 unspecified atom stereocenters. The summed E-state index contributed by atoms with van der Waals surface area (Å²) in [6, 6.07) is 6.91. The molecule has 4 aromatic rings. The van der Waals surface area contributed by atoms with Crippen molar-refractivity contribution in [2.24, 2.45) is 0 Å². The number of aromatic amines is 1. The highest BCUT2D eigenvalue weighted by molar-refractivity contribution is 5.98. The smallest absolute Gasteiger partial charge is 0.318 e. The number of aromatic hydroxyl groups is 1. The molecule has 6 heterocycles. The second-order valence-electron chi connectivity index (χ2n) is 13.0. The van der Waals surface area contributed by atoms with Crippen LogP contribution in [0.4, 0.5) is 20.3 Å². The number of aromatic nitrogens is 5. The topological polar surface area (TPSA) is 107 Å². The van der Waals surface area contributed by atoms with Crippen molar-refractivity contribution in [1.29, 1.82) is 0 Å². The van der Waals surface area contributed by atoms with Crippen molar-refractivity contribution in [3.63, 3.8) is 0 Å². The zero-order chi connectivity index (χ0) is 30.7. The highest BCUT2D eigenvalue weighted by Crippen LogP contribution is 2.42. The molecule has 0 saturated carbocycles. The lowest BCUT2D eigenvalue weighted by Gasteiger charge is -2.35. The number of nitrogens with one attached hydrogen (secondary N) is 1. The van der Waals surface area contributed by atoms with Gasteiger partial charge >= 0.3 is 6.01 Å². The second kappa shape index (κ2) is 11.1. The molecule has 2 N–H and O–H groups in total. The summed E-state index contributed by atoms with van der Waals surface area (Å²) in [5.41, 5.74) is 4.91. The number of hydrogen-bond acceptors (Lipinski definition) is 9. The number of anilines is 2. The van der Waals surface area contributed by atoms with Crippen LogP contribution >= 0.6 is 0 Å². The Hall–Kier alpha value is -4.06. The molecule has 2 saturated heterocycles. The van der Waals surface area contributed by atoms with E-state index in [0.29, 0.717) is 63.6 Å².